The molecule has 1 aliphatic heterocycles. The van der Waals surface area contributed by atoms with Crippen molar-refractivity contribution in [1.29, 1.82) is 0 Å². The molecule has 2 aromatic rings. The molecule has 1 aromatic heterocycles. The summed E-state index contributed by atoms with van der Waals surface area (Å²) in [6, 6.07) is 7.27. The molecule has 0 radical (unpaired) electrons. The first kappa shape index (κ1) is 16.8. The molecular weight excluding hydrogens is 330 g/mol. The van der Waals surface area contributed by atoms with Crippen LogP contribution in [-0.4, -0.2) is 35.0 Å². The maximum atomic E-state index is 12.4. The van der Waals surface area contributed by atoms with Crippen LogP contribution in [0.2, 0.25) is 5.15 Å². The number of aryl methyl sites for hydroxylation is 2. The van der Waals surface area contributed by atoms with Crippen molar-refractivity contribution < 1.29 is 14.3 Å². The van der Waals surface area contributed by atoms with Crippen LogP contribution in [0.1, 0.15) is 28.9 Å². The average molecular weight is 350 g/mol. The van der Waals surface area contributed by atoms with E-state index in [0.29, 0.717) is 34.5 Å². The summed E-state index contributed by atoms with van der Waals surface area (Å²) in [7, 11) is 1.70. The largest absolute Gasteiger partial charge is 0.491 e. The van der Waals surface area contributed by atoms with Gasteiger partial charge in [0, 0.05) is 25.4 Å². The lowest BCUT2D eigenvalue weighted by atomic mass is 10.2. The molecule has 1 fully saturated rings. The Bertz CT molecular complexity index is 739. The molecule has 1 amide bonds. The normalized spacial score (nSPS) is 17.0. The highest BCUT2D eigenvalue weighted by Crippen LogP contribution is 2.23. The zero-order chi connectivity index (χ0) is 17.1. The number of halogens is 1. The zero-order valence-electron chi connectivity index (χ0n) is 13.7. The molecule has 0 saturated carbocycles. The number of hydrogen-bond acceptors (Lipinski definition) is 4. The lowest BCUT2D eigenvalue weighted by Gasteiger charge is -2.12. The number of nitrogens with one attached hydrogen (secondary N) is 1. The molecule has 1 N–H and O–H groups in total. The van der Waals surface area contributed by atoms with Gasteiger partial charge in [-0.15, -0.1) is 0 Å². The Morgan fingerprint density at radius 2 is 2.38 bits per heavy atom. The monoisotopic (exact) mass is 349 g/mol. The number of ether oxygens (including phenoxy) is 2. The van der Waals surface area contributed by atoms with Crippen LogP contribution in [0.5, 0.6) is 5.75 Å². The Morgan fingerprint density at radius 3 is 3.04 bits per heavy atom. The molecule has 2 heterocycles. The predicted octanol–water partition coefficient (Wildman–Crippen LogP) is 3.19. The van der Waals surface area contributed by atoms with Crippen LogP contribution in [-0.2, 0) is 11.8 Å². The van der Waals surface area contributed by atoms with Gasteiger partial charge in [0.2, 0.25) is 0 Å². The molecule has 24 heavy (non-hydrogen) atoms. The first-order valence-corrected chi connectivity index (χ1v) is 8.27. The van der Waals surface area contributed by atoms with Gasteiger partial charge in [0.1, 0.15) is 17.5 Å². The van der Waals surface area contributed by atoms with Crippen molar-refractivity contribution in [1.82, 2.24) is 9.78 Å². The topological polar surface area (TPSA) is 65.4 Å². The second-order valence-electron chi connectivity index (χ2n) is 5.80. The molecule has 0 spiro atoms. The first-order valence-electron chi connectivity index (χ1n) is 7.89. The summed E-state index contributed by atoms with van der Waals surface area (Å²) in [6.45, 7) is 3.07. The van der Waals surface area contributed by atoms with E-state index in [1.165, 1.54) is 4.68 Å². The fraction of sp³-hybridized carbons (Fsp3) is 0.412. The smallest absolute Gasteiger partial charge is 0.260 e. The summed E-state index contributed by atoms with van der Waals surface area (Å²) in [5.74, 6) is 0.402. The van der Waals surface area contributed by atoms with Gasteiger partial charge in [0.15, 0.2) is 0 Å². The molecule has 1 saturated heterocycles. The van der Waals surface area contributed by atoms with E-state index in [2.05, 4.69) is 10.4 Å². The van der Waals surface area contributed by atoms with Gasteiger partial charge in [0.05, 0.1) is 17.4 Å². The minimum atomic E-state index is -0.290. The third-order valence-electron chi connectivity index (χ3n) is 3.93. The minimum Gasteiger partial charge on any atom is -0.491 e. The van der Waals surface area contributed by atoms with E-state index < -0.39 is 0 Å². The number of anilines is 1. The van der Waals surface area contributed by atoms with Crippen molar-refractivity contribution >= 4 is 23.2 Å². The fourth-order valence-electron chi connectivity index (χ4n) is 2.71. The molecule has 0 unspecified atom stereocenters. The second kappa shape index (κ2) is 7.23. The second-order valence-corrected chi connectivity index (χ2v) is 6.16. The summed E-state index contributed by atoms with van der Waals surface area (Å²) in [5, 5.41) is 7.30. The molecular formula is C17H20ClN3O3. The molecule has 0 bridgehead atoms. The molecule has 1 aliphatic rings. The average Bonchev–Trinajstić information content (AvgIpc) is 3.14. The van der Waals surface area contributed by atoms with Crippen LogP contribution in [0.25, 0.3) is 0 Å². The number of aromatic nitrogens is 2. The zero-order valence-corrected chi connectivity index (χ0v) is 14.5. The Kier molecular flexibility index (Phi) is 5.06. The van der Waals surface area contributed by atoms with Gasteiger partial charge < -0.3 is 14.8 Å². The summed E-state index contributed by atoms with van der Waals surface area (Å²) in [5.41, 5.74) is 1.61. The summed E-state index contributed by atoms with van der Waals surface area (Å²) in [6.07, 6.45) is 2.25. The predicted molar refractivity (Wildman–Crippen MR) is 91.8 cm³/mol. The Hall–Kier alpha value is -2.05. The Balaban J connectivity index is 1.66. The van der Waals surface area contributed by atoms with Crippen molar-refractivity contribution in [2.24, 2.45) is 7.05 Å². The van der Waals surface area contributed by atoms with Crippen LogP contribution in [0.15, 0.2) is 24.3 Å². The van der Waals surface area contributed by atoms with Crippen LogP contribution in [0, 0.1) is 6.92 Å². The Morgan fingerprint density at radius 1 is 1.54 bits per heavy atom. The van der Waals surface area contributed by atoms with E-state index >= 15 is 0 Å². The first-order chi connectivity index (χ1) is 11.5. The number of carbonyl (C=O) groups is 1. The van der Waals surface area contributed by atoms with Crippen LogP contribution in [0.3, 0.4) is 0 Å². The third kappa shape index (κ3) is 3.71. The summed E-state index contributed by atoms with van der Waals surface area (Å²) < 4.78 is 12.8. The van der Waals surface area contributed by atoms with Crippen molar-refractivity contribution in [3.63, 3.8) is 0 Å². The minimum absolute atomic E-state index is 0.153. The fourth-order valence-corrected chi connectivity index (χ4v) is 2.97. The highest BCUT2D eigenvalue weighted by Gasteiger charge is 2.19. The lowest BCUT2D eigenvalue weighted by Crippen LogP contribution is -2.16. The lowest BCUT2D eigenvalue weighted by molar-refractivity contribution is 0.0680. The van der Waals surface area contributed by atoms with Gasteiger partial charge in [-0.3, -0.25) is 9.48 Å². The highest BCUT2D eigenvalue weighted by atomic mass is 35.5. The van der Waals surface area contributed by atoms with Crippen molar-refractivity contribution in [3.05, 3.63) is 40.7 Å². The number of benzene rings is 1. The van der Waals surface area contributed by atoms with Gasteiger partial charge in [-0.25, -0.2) is 0 Å². The van der Waals surface area contributed by atoms with Crippen LogP contribution < -0.4 is 10.1 Å². The van der Waals surface area contributed by atoms with E-state index in [9.17, 15) is 4.79 Å². The van der Waals surface area contributed by atoms with Gasteiger partial charge in [-0.05, 0) is 31.9 Å². The number of nitrogens with zero attached hydrogens (tertiary/aromatic N) is 2. The van der Waals surface area contributed by atoms with Crippen LogP contribution in [0.4, 0.5) is 5.69 Å². The highest BCUT2D eigenvalue weighted by molar-refractivity contribution is 6.33. The van der Waals surface area contributed by atoms with Crippen molar-refractivity contribution in [3.8, 4) is 5.75 Å². The number of rotatable bonds is 5. The molecule has 3 rings (SSSR count). The van der Waals surface area contributed by atoms with Gasteiger partial charge in [0.25, 0.3) is 5.91 Å². The molecule has 7 heteroatoms. The quantitative estimate of drug-likeness (QED) is 0.900. The molecule has 0 aliphatic carbocycles. The van der Waals surface area contributed by atoms with Gasteiger partial charge in [-0.2, -0.15) is 5.10 Å². The van der Waals surface area contributed by atoms with E-state index in [1.54, 1.807) is 26.1 Å². The molecule has 1 aromatic carbocycles. The van der Waals surface area contributed by atoms with E-state index in [0.717, 1.165) is 19.4 Å². The number of hydrogen-bond donors (Lipinski definition) is 1. The third-order valence-corrected chi connectivity index (χ3v) is 4.36. The maximum Gasteiger partial charge on any atom is 0.260 e. The van der Waals surface area contributed by atoms with Crippen LogP contribution >= 0.6 is 11.6 Å². The van der Waals surface area contributed by atoms with E-state index in [1.807, 2.05) is 12.1 Å². The number of carbonyl (C=O) groups excluding carboxylic acids is 1. The summed E-state index contributed by atoms with van der Waals surface area (Å²) >= 11 is 6.13. The number of amides is 1. The standard InChI is InChI=1S/C17H20ClN3O3/c1-11-15(16(18)21(2)20-11)17(22)19-12-5-3-6-13(9-12)24-10-14-7-4-8-23-14/h3,5-6,9,14H,4,7-8,10H2,1-2H3,(H,19,22)/t14-/m1/s1. The van der Waals surface area contributed by atoms with Crippen molar-refractivity contribution in [2.75, 3.05) is 18.5 Å². The van der Waals surface area contributed by atoms with Gasteiger partial charge >= 0.3 is 0 Å². The Labute approximate surface area is 145 Å². The molecule has 1 atom stereocenters. The van der Waals surface area contributed by atoms with E-state index in [4.69, 9.17) is 21.1 Å². The molecule has 128 valence electrons. The SMILES string of the molecule is Cc1nn(C)c(Cl)c1C(=O)Nc1cccc(OC[C@H]2CCCO2)c1. The molecule has 6 nitrogen and oxygen atoms in total. The summed E-state index contributed by atoms with van der Waals surface area (Å²) in [4.78, 5) is 12.4. The van der Waals surface area contributed by atoms with Crippen molar-refractivity contribution in [2.45, 2.75) is 25.9 Å². The maximum absolute atomic E-state index is 12.4. The van der Waals surface area contributed by atoms with Gasteiger partial charge in [-0.1, -0.05) is 17.7 Å². The van der Waals surface area contributed by atoms with E-state index in [-0.39, 0.29) is 12.0 Å².